The predicted molar refractivity (Wildman–Crippen MR) is 65.6 cm³/mol. The number of hydrogen-bond donors (Lipinski definition) is 2. The quantitative estimate of drug-likeness (QED) is 0.742. The van der Waals surface area contributed by atoms with Gasteiger partial charge in [0.15, 0.2) is 0 Å². The van der Waals surface area contributed by atoms with Gasteiger partial charge in [0.05, 0.1) is 17.1 Å². The van der Waals surface area contributed by atoms with E-state index in [1.54, 1.807) is 0 Å². The van der Waals surface area contributed by atoms with Crippen LogP contribution in [0, 0.1) is 13.8 Å². The first-order valence-corrected chi connectivity index (χ1v) is 6.01. The molecule has 1 aliphatic carbocycles. The summed E-state index contributed by atoms with van der Waals surface area (Å²) in [7, 11) is 0. The summed E-state index contributed by atoms with van der Waals surface area (Å²) in [4.78, 5) is 9.14. The molecule has 3 N–H and O–H groups in total. The first-order valence-electron chi connectivity index (χ1n) is 6.01. The number of hydrogen-bond acceptors (Lipinski definition) is 4. The Labute approximate surface area is 96.7 Å². The molecule has 0 unspecified atom stereocenters. The second-order valence-electron chi connectivity index (χ2n) is 4.47. The Kier molecular flexibility index (Phi) is 3.39. The number of aryl methyl sites for hydroxylation is 2. The van der Waals surface area contributed by atoms with Gasteiger partial charge in [-0.05, 0) is 39.7 Å². The van der Waals surface area contributed by atoms with Crippen LogP contribution < -0.4 is 11.1 Å². The lowest BCUT2D eigenvalue weighted by atomic mass is 10.2. The first-order chi connectivity index (χ1) is 7.72. The number of nitrogens with two attached hydrogens (primary N) is 1. The molecule has 0 spiro atoms. The molecular formula is C12H20N4. The van der Waals surface area contributed by atoms with E-state index in [0.717, 1.165) is 35.9 Å². The Balaban J connectivity index is 2.11. The van der Waals surface area contributed by atoms with Crippen LogP contribution in [0.5, 0.6) is 0 Å². The lowest BCUT2D eigenvalue weighted by Crippen LogP contribution is -2.12. The van der Waals surface area contributed by atoms with Crippen molar-refractivity contribution in [3.8, 4) is 0 Å². The zero-order valence-corrected chi connectivity index (χ0v) is 10.1. The van der Waals surface area contributed by atoms with Gasteiger partial charge in [-0.25, -0.2) is 9.97 Å². The van der Waals surface area contributed by atoms with Crippen LogP contribution in [0.1, 0.15) is 42.4 Å². The number of nitrogens with zero attached hydrogens (tertiary/aromatic N) is 2. The van der Waals surface area contributed by atoms with Gasteiger partial charge in [0, 0.05) is 12.5 Å². The topological polar surface area (TPSA) is 63.8 Å². The summed E-state index contributed by atoms with van der Waals surface area (Å²) < 4.78 is 0. The van der Waals surface area contributed by atoms with E-state index >= 15 is 0 Å². The van der Waals surface area contributed by atoms with Crippen molar-refractivity contribution in [2.45, 2.75) is 39.0 Å². The molecule has 1 aliphatic rings. The van der Waals surface area contributed by atoms with Gasteiger partial charge in [-0.3, -0.25) is 0 Å². The number of rotatable bonds is 5. The van der Waals surface area contributed by atoms with Crippen molar-refractivity contribution in [3.63, 3.8) is 0 Å². The van der Waals surface area contributed by atoms with E-state index in [0.29, 0.717) is 12.5 Å². The van der Waals surface area contributed by atoms with E-state index < -0.39 is 0 Å². The van der Waals surface area contributed by atoms with Crippen LogP contribution in [0.4, 0.5) is 5.69 Å². The van der Waals surface area contributed by atoms with E-state index in [2.05, 4.69) is 15.3 Å². The molecule has 1 saturated carbocycles. The van der Waals surface area contributed by atoms with E-state index in [9.17, 15) is 0 Å². The van der Waals surface area contributed by atoms with Crippen LogP contribution in [0.15, 0.2) is 0 Å². The molecule has 1 aromatic heterocycles. The standard InChI is InChI=1S/C12H20N4/c1-8-11(14-7-3-6-13)9(2)16-12(15-8)10-4-5-10/h10,14H,3-7,13H2,1-2H3. The third-order valence-electron chi connectivity index (χ3n) is 2.91. The van der Waals surface area contributed by atoms with Crippen molar-refractivity contribution in [1.82, 2.24) is 9.97 Å². The molecule has 0 amide bonds. The SMILES string of the molecule is Cc1nc(C2CC2)nc(C)c1NCCCN. The minimum atomic E-state index is 0.621. The summed E-state index contributed by atoms with van der Waals surface area (Å²) in [6.45, 7) is 5.70. The monoisotopic (exact) mass is 220 g/mol. The zero-order chi connectivity index (χ0) is 11.5. The molecule has 88 valence electrons. The van der Waals surface area contributed by atoms with E-state index in [1.165, 1.54) is 12.8 Å². The smallest absolute Gasteiger partial charge is 0.132 e. The highest BCUT2D eigenvalue weighted by Crippen LogP contribution is 2.38. The van der Waals surface area contributed by atoms with Gasteiger partial charge in [-0.15, -0.1) is 0 Å². The third kappa shape index (κ3) is 2.50. The second kappa shape index (κ2) is 4.78. The molecule has 16 heavy (non-hydrogen) atoms. The Morgan fingerprint density at radius 1 is 1.25 bits per heavy atom. The van der Waals surface area contributed by atoms with Gasteiger partial charge in [0.2, 0.25) is 0 Å². The lowest BCUT2D eigenvalue weighted by Gasteiger charge is -2.12. The third-order valence-corrected chi connectivity index (χ3v) is 2.91. The van der Waals surface area contributed by atoms with Gasteiger partial charge in [0.25, 0.3) is 0 Å². The summed E-state index contributed by atoms with van der Waals surface area (Å²) in [6.07, 6.45) is 3.47. The maximum atomic E-state index is 5.47. The molecule has 0 radical (unpaired) electrons. The van der Waals surface area contributed by atoms with Crippen molar-refractivity contribution in [2.75, 3.05) is 18.4 Å². The van der Waals surface area contributed by atoms with Gasteiger partial charge in [-0.1, -0.05) is 0 Å². The fraction of sp³-hybridized carbons (Fsp3) is 0.667. The van der Waals surface area contributed by atoms with Gasteiger partial charge in [-0.2, -0.15) is 0 Å². The second-order valence-corrected chi connectivity index (χ2v) is 4.47. The Bertz CT molecular complexity index is 348. The molecule has 0 atom stereocenters. The van der Waals surface area contributed by atoms with Crippen LogP contribution in [-0.2, 0) is 0 Å². The van der Waals surface area contributed by atoms with Crippen molar-refractivity contribution in [3.05, 3.63) is 17.2 Å². The maximum absolute atomic E-state index is 5.47. The van der Waals surface area contributed by atoms with Gasteiger partial charge < -0.3 is 11.1 Å². The summed E-state index contributed by atoms with van der Waals surface area (Å²) in [5.41, 5.74) is 8.67. The first kappa shape index (κ1) is 11.3. The molecule has 4 nitrogen and oxygen atoms in total. The fourth-order valence-corrected chi connectivity index (χ4v) is 1.84. The molecule has 1 heterocycles. The van der Waals surface area contributed by atoms with Crippen molar-refractivity contribution >= 4 is 5.69 Å². The zero-order valence-electron chi connectivity index (χ0n) is 10.1. The predicted octanol–water partition coefficient (Wildman–Crippen LogP) is 1.73. The Morgan fingerprint density at radius 3 is 2.38 bits per heavy atom. The minimum absolute atomic E-state index is 0.621. The molecule has 0 aliphatic heterocycles. The summed E-state index contributed by atoms with van der Waals surface area (Å²) in [5.74, 6) is 1.65. The van der Waals surface area contributed by atoms with Crippen molar-refractivity contribution in [2.24, 2.45) is 5.73 Å². The van der Waals surface area contributed by atoms with Crippen molar-refractivity contribution < 1.29 is 0 Å². The highest BCUT2D eigenvalue weighted by atomic mass is 15.0. The minimum Gasteiger partial charge on any atom is -0.382 e. The van der Waals surface area contributed by atoms with Crippen LogP contribution in [0.25, 0.3) is 0 Å². The maximum Gasteiger partial charge on any atom is 0.132 e. The molecule has 2 rings (SSSR count). The summed E-state index contributed by atoms with van der Waals surface area (Å²) in [5, 5.41) is 3.36. The molecule has 1 fully saturated rings. The average Bonchev–Trinajstić information content (AvgIpc) is 3.05. The van der Waals surface area contributed by atoms with E-state index in [4.69, 9.17) is 5.73 Å². The number of anilines is 1. The molecule has 0 bridgehead atoms. The fourth-order valence-electron chi connectivity index (χ4n) is 1.84. The number of aromatic nitrogens is 2. The highest BCUT2D eigenvalue weighted by Gasteiger charge is 2.27. The molecule has 0 saturated heterocycles. The Hall–Kier alpha value is -1.16. The van der Waals surface area contributed by atoms with Crippen LogP contribution in [-0.4, -0.2) is 23.1 Å². The number of nitrogens with one attached hydrogen (secondary N) is 1. The van der Waals surface area contributed by atoms with E-state index in [1.807, 2.05) is 13.8 Å². The van der Waals surface area contributed by atoms with Crippen LogP contribution >= 0.6 is 0 Å². The summed E-state index contributed by atoms with van der Waals surface area (Å²) in [6, 6.07) is 0. The van der Waals surface area contributed by atoms with Crippen LogP contribution in [0.2, 0.25) is 0 Å². The van der Waals surface area contributed by atoms with Crippen LogP contribution in [0.3, 0.4) is 0 Å². The normalized spacial score (nSPS) is 15.2. The largest absolute Gasteiger partial charge is 0.382 e. The van der Waals surface area contributed by atoms with Gasteiger partial charge in [0.1, 0.15) is 5.82 Å². The van der Waals surface area contributed by atoms with E-state index in [-0.39, 0.29) is 0 Å². The summed E-state index contributed by atoms with van der Waals surface area (Å²) >= 11 is 0. The molecule has 4 heteroatoms. The molecule has 0 aromatic carbocycles. The lowest BCUT2D eigenvalue weighted by molar-refractivity contribution is 0.853. The Morgan fingerprint density at radius 2 is 1.88 bits per heavy atom. The molecular weight excluding hydrogens is 200 g/mol. The highest BCUT2D eigenvalue weighted by molar-refractivity contribution is 5.51. The molecule has 1 aromatic rings. The van der Waals surface area contributed by atoms with Gasteiger partial charge >= 0.3 is 0 Å². The van der Waals surface area contributed by atoms with Crippen molar-refractivity contribution in [1.29, 1.82) is 0 Å². The average molecular weight is 220 g/mol.